The Hall–Kier alpha value is -3.93. The molecule has 8 heteroatoms. The third kappa shape index (κ3) is 6.81. The molecule has 1 aliphatic rings. The second kappa shape index (κ2) is 12.7. The Morgan fingerprint density at radius 2 is 1.72 bits per heavy atom. The molecule has 0 aliphatic carbocycles. The van der Waals surface area contributed by atoms with E-state index in [2.05, 4.69) is 11.4 Å². The largest absolute Gasteiger partial charge is 0.436 e. The van der Waals surface area contributed by atoms with Crippen molar-refractivity contribution in [2.24, 2.45) is 0 Å². The van der Waals surface area contributed by atoms with Crippen LogP contribution in [0, 0.1) is 11.3 Å². The van der Waals surface area contributed by atoms with Gasteiger partial charge in [-0.2, -0.15) is 5.26 Å². The van der Waals surface area contributed by atoms with E-state index in [1.54, 1.807) is 0 Å². The third-order valence-corrected chi connectivity index (χ3v) is 5.96. The highest BCUT2D eigenvalue weighted by molar-refractivity contribution is 5.88. The van der Waals surface area contributed by atoms with Gasteiger partial charge >= 0.3 is 6.09 Å². The summed E-state index contributed by atoms with van der Waals surface area (Å²) in [6.07, 6.45) is -1.52. The third-order valence-electron chi connectivity index (χ3n) is 5.96. The molecule has 3 aromatic carbocycles. The van der Waals surface area contributed by atoms with Crippen LogP contribution >= 0.6 is 0 Å². The monoisotopic (exact) mass is 487 g/mol. The zero-order valence-corrected chi connectivity index (χ0v) is 20.0. The van der Waals surface area contributed by atoms with Gasteiger partial charge in [-0.25, -0.2) is 4.79 Å². The van der Waals surface area contributed by atoms with E-state index >= 15 is 0 Å². The average molecular weight is 488 g/mol. The van der Waals surface area contributed by atoms with Crippen molar-refractivity contribution in [3.8, 4) is 6.07 Å². The van der Waals surface area contributed by atoms with Gasteiger partial charge < -0.3 is 24.4 Å². The predicted octanol–water partition coefficient (Wildman–Crippen LogP) is 3.44. The second-order valence-electron chi connectivity index (χ2n) is 8.51. The van der Waals surface area contributed by atoms with Gasteiger partial charge in [0, 0.05) is 19.5 Å². The molecule has 0 bridgehead atoms. The number of carbonyl (C=O) groups excluding carboxylic acids is 2. The fraction of sp³-hybridized carbons (Fsp3) is 0.321. The molecule has 8 nitrogen and oxygen atoms in total. The van der Waals surface area contributed by atoms with Gasteiger partial charge in [-0.05, 0) is 21.9 Å². The zero-order chi connectivity index (χ0) is 25.2. The Morgan fingerprint density at radius 1 is 1.00 bits per heavy atom. The lowest BCUT2D eigenvalue weighted by molar-refractivity contribution is -0.131. The number of amides is 2. The van der Waals surface area contributed by atoms with Crippen LogP contribution in [0.1, 0.15) is 11.1 Å². The van der Waals surface area contributed by atoms with Crippen LogP contribution in [-0.4, -0.2) is 62.0 Å². The molecule has 3 aromatic rings. The van der Waals surface area contributed by atoms with Gasteiger partial charge in [0.25, 0.3) is 5.91 Å². The average Bonchev–Trinajstić information content (AvgIpc) is 2.93. The topological polar surface area (TPSA) is 101 Å². The van der Waals surface area contributed by atoms with Crippen molar-refractivity contribution >= 4 is 22.8 Å². The fourth-order valence-corrected chi connectivity index (χ4v) is 4.05. The SMILES string of the molecule is N#CC(COCc1ccccc1)NC(=O)C(Cc1cccc2ccccc12)OC(=O)N1CCOCC1. The Kier molecular flexibility index (Phi) is 8.87. The molecule has 36 heavy (non-hydrogen) atoms. The molecule has 2 amide bonds. The van der Waals surface area contributed by atoms with Crippen LogP contribution in [0.2, 0.25) is 0 Å². The van der Waals surface area contributed by atoms with Crippen LogP contribution in [0.5, 0.6) is 0 Å². The number of rotatable bonds is 9. The molecule has 0 aromatic heterocycles. The summed E-state index contributed by atoms with van der Waals surface area (Å²) < 4.78 is 16.6. The minimum atomic E-state index is -1.11. The molecule has 1 aliphatic heterocycles. The van der Waals surface area contributed by atoms with E-state index in [1.807, 2.05) is 72.8 Å². The molecule has 2 unspecified atom stereocenters. The van der Waals surface area contributed by atoms with E-state index in [0.717, 1.165) is 21.9 Å². The predicted molar refractivity (Wildman–Crippen MR) is 134 cm³/mol. The summed E-state index contributed by atoms with van der Waals surface area (Å²) >= 11 is 0. The van der Waals surface area contributed by atoms with E-state index in [4.69, 9.17) is 14.2 Å². The lowest BCUT2D eigenvalue weighted by Gasteiger charge is -2.28. The maximum Gasteiger partial charge on any atom is 0.410 e. The molecule has 1 heterocycles. The van der Waals surface area contributed by atoms with Gasteiger partial charge in [0.2, 0.25) is 0 Å². The van der Waals surface area contributed by atoms with Crippen molar-refractivity contribution in [1.29, 1.82) is 5.26 Å². The van der Waals surface area contributed by atoms with Crippen molar-refractivity contribution in [2.45, 2.75) is 25.2 Å². The van der Waals surface area contributed by atoms with Crippen molar-refractivity contribution in [1.82, 2.24) is 10.2 Å². The van der Waals surface area contributed by atoms with Gasteiger partial charge in [-0.3, -0.25) is 4.79 Å². The molecule has 186 valence electrons. The number of ether oxygens (including phenoxy) is 3. The maximum atomic E-state index is 13.3. The number of morpholine rings is 1. The van der Waals surface area contributed by atoms with Crippen LogP contribution in [0.15, 0.2) is 72.8 Å². The van der Waals surface area contributed by atoms with Gasteiger partial charge in [-0.15, -0.1) is 0 Å². The van der Waals surface area contributed by atoms with Crippen molar-refractivity contribution in [2.75, 3.05) is 32.9 Å². The Morgan fingerprint density at radius 3 is 2.50 bits per heavy atom. The molecular formula is C28H29N3O5. The standard InChI is InChI=1S/C28H29N3O5/c29-18-24(20-35-19-21-7-2-1-3-8-21)30-27(32)26(36-28(33)31-13-15-34-16-14-31)17-23-11-6-10-22-9-4-5-12-25(22)23/h1-12,24,26H,13-17,19-20H2,(H,30,32). The molecule has 4 rings (SSSR count). The molecule has 0 radical (unpaired) electrons. The van der Waals surface area contributed by atoms with Gasteiger partial charge in [0.1, 0.15) is 6.04 Å². The molecule has 0 saturated carbocycles. The summed E-state index contributed by atoms with van der Waals surface area (Å²) in [7, 11) is 0. The van der Waals surface area contributed by atoms with Crippen LogP contribution in [0.25, 0.3) is 10.8 Å². The summed E-state index contributed by atoms with van der Waals surface area (Å²) in [5.74, 6) is -0.542. The van der Waals surface area contributed by atoms with Crippen molar-refractivity contribution in [3.63, 3.8) is 0 Å². The quantitative estimate of drug-likeness (QED) is 0.496. The summed E-state index contributed by atoms with van der Waals surface area (Å²) in [5, 5.41) is 14.3. The van der Waals surface area contributed by atoms with E-state index in [-0.39, 0.29) is 13.0 Å². The van der Waals surface area contributed by atoms with Crippen LogP contribution in [0.3, 0.4) is 0 Å². The van der Waals surface area contributed by atoms with E-state index < -0.39 is 24.1 Å². The number of fused-ring (bicyclic) bond motifs is 1. The first kappa shape index (κ1) is 25.2. The minimum absolute atomic E-state index is 0.00946. The lowest BCUT2D eigenvalue weighted by Crippen LogP contribution is -2.48. The van der Waals surface area contributed by atoms with Crippen LogP contribution < -0.4 is 5.32 Å². The first-order valence-corrected chi connectivity index (χ1v) is 12.0. The second-order valence-corrected chi connectivity index (χ2v) is 8.51. The van der Waals surface area contributed by atoms with Gasteiger partial charge in [0.15, 0.2) is 6.10 Å². The lowest BCUT2D eigenvalue weighted by atomic mass is 9.99. The van der Waals surface area contributed by atoms with Crippen molar-refractivity contribution < 1.29 is 23.8 Å². The highest BCUT2D eigenvalue weighted by Gasteiger charge is 2.29. The Bertz CT molecular complexity index is 1200. The fourth-order valence-electron chi connectivity index (χ4n) is 4.05. The normalized spacial score (nSPS) is 15.0. The summed E-state index contributed by atoms with van der Waals surface area (Å²) in [6, 6.07) is 24.4. The van der Waals surface area contributed by atoms with Gasteiger partial charge in [0.05, 0.1) is 32.5 Å². The van der Waals surface area contributed by atoms with Crippen LogP contribution in [0.4, 0.5) is 4.79 Å². The maximum absolute atomic E-state index is 13.3. The molecule has 1 saturated heterocycles. The Balaban J connectivity index is 1.45. The van der Waals surface area contributed by atoms with Crippen LogP contribution in [-0.2, 0) is 32.0 Å². The highest BCUT2D eigenvalue weighted by atomic mass is 16.6. The number of hydrogen-bond acceptors (Lipinski definition) is 6. The molecular weight excluding hydrogens is 458 g/mol. The first-order valence-electron chi connectivity index (χ1n) is 12.0. The number of nitrogens with one attached hydrogen (secondary N) is 1. The van der Waals surface area contributed by atoms with E-state index in [1.165, 1.54) is 4.90 Å². The number of nitrogens with zero attached hydrogens (tertiary/aromatic N) is 2. The van der Waals surface area contributed by atoms with Crippen molar-refractivity contribution in [3.05, 3.63) is 83.9 Å². The highest BCUT2D eigenvalue weighted by Crippen LogP contribution is 2.21. The van der Waals surface area contributed by atoms with E-state index in [9.17, 15) is 14.9 Å². The number of nitriles is 1. The molecule has 2 atom stereocenters. The Labute approximate surface area is 210 Å². The molecule has 0 spiro atoms. The summed E-state index contributed by atoms with van der Waals surface area (Å²) in [5.41, 5.74) is 1.84. The first-order chi connectivity index (χ1) is 17.6. The zero-order valence-electron chi connectivity index (χ0n) is 20.0. The number of benzene rings is 3. The summed E-state index contributed by atoms with van der Waals surface area (Å²) in [6.45, 7) is 1.97. The summed E-state index contributed by atoms with van der Waals surface area (Å²) in [4.78, 5) is 27.6. The van der Waals surface area contributed by atoms with Gasteiger partial charge in [-0.1, -0.05) is 72.8 Å². The number of hydrogen-bond donors (Lipinski definition) is 1. The molecule has 1 fully saturated rings. The molecule has 1 N–H and O–H groups in total. The number of carbonyl (C=O) groups is 2. The minimum Gasteiger partial charge on any atom is -0.436 e. The van der Waals surface area contributed by atoms with E-state index in [0.29, 0.717) is 32.9 Å². The smallest absolute Gasteiger partial charge is 0.410 e.